The van der Waals surface area contributed by atoms with E-state index in [1.807, 2.05) is 20.0 Å². The van der Waals surface area contributed by atoms with Crippen molar-refractivity contribution in [1.29, 1.82) is 0 Å². The van der Waals surface area contributed by atoms with Crippen LogP contribution in [0.1, 0.15) is 29.8 Å². The number of hydrogen-bond donors (Lipinski definition) is 1. The predicted octanol–water partition coefficient (Wildman–Crippen LogP) is 1.48. The lowest BCUT2D eigenvalue weighted by Gasteiger charge is -2.08. The molecule has 2 aromatic rings. The Morgan fingerprint density at radius 1 is 1.24 bits per heavy atom. The van der Waals surface area contributed by atoms with Crippen LogP contribution in [0.25, 0.3) is 0 Å². The van der Waals surface area contributed by atoms with Crippen LogP contribution in [0.4, 0.5) is 5.82 Å². The Hall–Kier alpha value is -1.91. The lowest BCUT2D eigenvalue weighted by Crippen LogP contribution is -2.09. The van der Waals surface area contributed by atoms with E-state index in [2.05, 4.69) is 26.4 Å². The molecular weight excluding hydrogens is 214 g/mol. The molecule has 0 fully saturated rings. The van der Waals surface area contributed by atoms with E-state index >= 15 is 0 Å². The van der Waals surface area contributed by atoms with Crippen LogP contribution in [0, 0.1) is 13.8 Å². The van der Waals surface area contributed by atoms with E-state index in [0.29, 0.717) is 12.2 Å². The van der Waals surface area contributed by atoms with E-state index < -0.39 is 0 Å². The molecule has 0 spiro atoms. The smallest absolute Gasteiger partial charge is 0.145 e. The molecule has 0 aromatic carbocycles. The summed E-state index contributed by atoms with van der Waals surface area (Å²) in [6.45, 7) is 6.83. The number of rotatable bonds is 3. The van der Waals surface area contributed by atoms with Gasteiger partial charge in [0.15, 0.2) is 0 Å². The molecule has 0 aliphatic rings. The molecule has 17 heavy (non-hydrogen) atoms. The fraction of sp³-hybridized carbons (Fsp3) is 0.417. The second-order valence-corrected chi connectivity index (χ2v) is 4.03. The lowest BCUT2D eigenvalue weighted by molar-refractivity contribution is 0.707. The van der Waals surface area contributed by atoms with Gasteiger partial charge in [0, 0.05) is 18.9 Å². The highest BCUT2D eigenvalue weighted by Crippen LogP contribution is 2.13. The maximum absolute atomic E-state index is 5.89. The zero-order chi connectivity index (χ0) is 12.4. The molecule has 0 atom stereocenters. The average molecular weight is 231 g/mol. The van der Waals surface area contributed by atoms with E-state index in [0.717, 1.165) is 29.5 Å². The fourth-order valence-electron chi connectivity index (χ4n) is 1.74. The predicted molar refractivity (Wildman–Crippen MR) is 66.6 cm³/mol. The molecule has 0 saturated heterocycles. The Morgan fingerprint density at radius 3 is 2.65 bits per heavy atom. The monoisotopic (exact) mass is 231 g/mol. The Balaban J connectivity index is 2.33. The van der Waals surface area contributed by atoms with Crippen LogP contribution in [-0.2, 0) is 13.0 Å². The molecular formula is C12H17N5. The van der Waals surface area contributed by atoms with Gasteiger partial charge in [0.05, 0.1) is 23.5 Å². The third kappa shape index (κ3) is 2.27. The Labute approximate surface area is 101 Å². The second-order valence-electron chi connectivity index (χ2n) is 4.03. The minimum absolute atomic E-state index is 0.499. The molecule has 2 N–H and O–H groups in total. The van der Waals surface area contributed by atoms with Crippen LogP contribution in [0.5, 0.6) is 0 Å². The van der Waals surface area contributed by atoms with Gasteiger partial charge in [0.25, 0.3) is 0 Å². The number of nitrogens with two attached hydrogens (primary N) is 1. The summed E-state index contributed by atoms with van der Waals surface area (Å²) in [5.74, 6) is 1.47. The van der Waals surface area contributed by atoms with Crippen molar-refractivity contribution in [2.45, 2.75) is 33.7 Å². The van der Waals surface area contributed by atoms with E-state index in [1.54, 1.807) is 6.20 Å². The third-order valence-corrected chi connectivity index (χ3v) is 2.88. The molecule has 0 saturated carbocycles. The van der Waals surface area contributed by atoms with E-state index in [4.69, 9.17) is 5.73 Å². The molecule has 90 valence electrons. The molecule has 5 nitrogen and oxygen atoms in total. The minimum Gasteiger partial charge on any atom is -0.382 e. The van der Waals surface area contributed by atoms with Gasteiger partial charge in [0.2, 0.25) is 0 Å². The zero-order valence-corrected chi connectivity index (χ0v) is 10.4. The summed E-state index contributed by atoms with van der Waals surface area (Å²) >= 11 is 0. The van der Waals surface area contributed by atoms with Crippen LogP contribution in [0.3, 0.4) is 0 Å². The summed E-state index contributed by atoms with van der Waals surface area (Å²) in [6.07, 6.45) is 4.38. The first kappa shape index (κ1) is 11.6. The van der Waals surface area contributed by atoms with Crippen molar-refractivity contribution in [2.75, 3.05) is 5.73 Å². The van der Waals surface area contributed by atoms with E-state index in [9.17, 15) is 0 Å². The molecule has 0 radical (unpaired) electrons. The molecule has 2 aromatic heterocycles. The first-order valence-electron chi connectivity index (χ1n) is 5.71. The quantitative estimate of drug-likeness (QED) is 0.868. The van der Waals surface area contributed by atoms with Crippen molar-refractivity contribution in [1.82, 2.24) is 19.5 Å². The maximum atomic E-state index is 5.89. The van der Waals surface area contributed by atoms with Crippen molar-refractivity contribution in [2.24, 2.45) is 0 Å². The van der Waals surface area contributed by atoms with Gasteiger partial charge in [-0.3, -0.25) is 4.98 Å². The van der Waals surface area contributed by atoms with Gasteiger partial charge in [-0.25, -0.2) is 9.97 Å². The van der Waals surface area contributed by atoms with Gasteiger partial charge in [-0.15, -0.1) is 0 Å². The fourth-order valence-corrected chi connectivity index (χ4v) is 1.74. The van der Waals surface area contributed by atoms with E-state index in [1.165, 1.54) is 0 Å². The second kappa shape index (κ2) is 4.53. The average Bonchev–Trinajstić information content (AvgIpc) is 2.73. The highest BCUT2D eigenvalue weighted by atomic mass is 15.1. The van der Waals surface area contributed by atoms with Crippen molar-refractivity contribution in [3.05, 3.63) is 35.3 Å². The number of imidazole rings is 1. The normalized spacial score (nSPS) is 10.8. The van der Waals surface area contributed by atoms with Gasteiger partial charge in [-0.2, -0.15) is 0 Å². The lowest BCUT2D eigenvalue weighted by atomic mass is 10.2. The number of nitrogens with zero attached hydrogens (tertiary/aromatic N) is 4. The highest BCUT2D eigenvalue weighted by molar-refractivity contribution is 5.38. The maximum Gasteiger partial charge on any atom is 0.145 e. The standard InChI is InChI=1S/C12H17N5/c1-4-17-6-5-14-11(17)7-10-12(13)16-9(3)8(2)15-10/h5-6H,4,7H2,1-3H3,(H2,13,16). The summed E-state index contributed by atoms with van der Waals surface area (Å²) in [6, 6.07) is 0. The number of hydrogen-bond acceptors (Lipinski definition) is 4. The number of anilines is 1. The first-order valence-corrected chi connectivity index (χ1v) is 5.71. The van der Waals surface area contributed by atoms with Crippen LogP contribution in [0.2, 0.25) is 0 Å². The van der Waals surface area contributed by atoms with Gasteiger partial charge >= 0.3 is 0 Å². The largest absolute Gasteiger partial charge is 0.382 e. The van der Waals surface area contributed by atoms with Crippen molar-refractivity contribution in [3.63, 3.8) is 0 Å². The highest BCUT2D eigenvalue weighted by Gasteiger charge is 2.10. The molecule has 0 unspecified atom stereocenters. The SMILES string of the molecule is CCn1ccnc1Cc1nc(C)c(C)nc1N. The summed E-state index contributed by atoms with van der Waals surface area (Å²) < 4.78 is 2.08. The van der Waals surface area contributed by atoms with E-state index in [-0.39, 0.29) is 0 Å². The molecule has 2 rings (SSSR count). The van der Waals surface area contributed by atoms with Crippen LogP contribution >= 0.6 is 0 Å². The van der Waals surface area contributed by atoms with Crippen molar-refractivity contribution < 1.29 is 0 Å². The number of nitrogen functional groups attached to an aromatic ring is 1. The summed E-state index contributed by atoms with van der Waals surface area (Å²) in [5, 5.41) is 0. The van der Waals surface area contributed by atoms with Crippen LogP contribution < -0.4 is 5.73 Å². The molecule has 0 bridgehead atoms. The summed E-state index contributed by atoms with van der Waals surface area (Å²) in [4.78, 5) is 13.1. The van der Waals surface area contributed by atoms with Crippen molar-refractivity contribution in [3.8, 4) is 0 Å². The third-order valence-electron chi connectivity index (χ3n) is 2.88. The van der Waals surface area contributed by atoms with Gasteiger partial charge in [-0.1, -0.05) is 0 Å². The number of aromatic nitrogens is 4. The van der Waals surface area contributed by atoms with Crippen molar-refractivity contribution >= 4 is 5.82 Å². The van der Waals surface area contributed by atoms with Gasteiger partial charge in [-0.05, 0) is 20.8 Å². The molecule has 5 heteroatoms. The molecule has 0 aliphatic carbocycles. The molecule has 0 amide bonds. The Morgan fingerprint density at radius 2 is 1.94 bits per heavy atom. The minimum atomic E-state index is 0.499. The molecule has 2 heterocycles. The zero-order valence-electron chi connectivity index (χ0n) is 10.4. The Kier molecular flexibility index (Phi) is 3.08. The molecule has 0 aliphatic heterocycles. The topological polar surface area (TPSA) is 69.6 Å². The van der Waals surface area contributed by atoms with Crippen LogP contribution in [0.15, 0.2) is 12.4 Å². The summed E-state index contributed by atoms with van der Waals surface area (Å²) in [5.41, 5.74) is 8.49. The van der Waals surface area contributed by atoms with Gasteiger partial charge in [0.1, 0.15) is 11.6 Å². The van der Waals surface area contributed by atoms with Gasteiger partial charge < -0.3 is 10.3 Å². The van der Waals surface area contributed by atoms with Crippen LogP contribution in [-0.4, -0.2) is 19.5 Å². The summed E-state index contributed by atoms with van der Waals surface area (Å²) in [7, 11) is 0. The first-order chi connectivity index (χ1) is 8.11. The Bertz CT molecular complexity index is 530. The number of aryl methyl sites for hydroxylation is 3.